The van der Waals surface area contributed by atoms with Crippen molar-refractivity contribution in [1.82, 2.24) is 4.90 Å². The number of hydrogen-bond donors (Lipinski definition) is 1. The fraction of sp³-hybridized carbons (Fsp3) is 0.600. The van der Waals surface area contributed by atoms with E-state index in [1.54, 1.807) is 6.07 Å². The van der Waals surface area contributed by atoms with Gasteiger partial charge < -0.3 is 10.6 Å². The molecular formula is C15H24FN3. The van der Waals surface area contributed by atoms with Crippen LogP contribution in [0.3, 0.4) is 0 Å². The molecule has 1 aliphatic heterocycles. The summed E-state index contributed by atoms with van der Waals surface area (Å²) < 4.78 is 14.0. The zero-order valence-electron chi connectivity index (χ0n) is 12.1. The first-order valence-corrected chi connectivity index (χ1v) is 6.83. The van der Waals surface area contributed by atoms with Crippen molar-refractivity contribution in [3.05, 3.63) is 30.1 Å². The van der Waals surface area contributed by atoms with E-state index < -0.39 is 0 Å². The molecule has 2 rings (SSSR count). The molecule has 1 heterocycles. The third-order valence-corrected chi connectivity index (χ3v) is 3.82. The van der Waals surface area contributed by atoms with E-state index in [1.165, 1.54) is 6.07 Å². The van der Waals surface area contributed by atoms with Crippen molar-refractivity contribution >= 4 is 5.69 Å². The zero-order chi connectivity index (χ0) is 14.0. The molecule has 3 nitrogen and oxygen atoms in total. The predicted octanol–water partition coefficient (Wildman–Crippen LogP) is 1.93. The van der Waals surface area contributed by atoms with Crippen LogP contribution in [0.1, 0.15) is 13.8 Å². The van der Waals surface area contributed by atoms with Crippen LogP contribution in [0.4, 0.5) is 10.1 Å². The maximum absolute atomic E-state index is 14.0. The first-order chi connectivity index (χ1) is 8.93. The average Bonchev–Trinajstić information content (AvgIpc) is 2.45. The molecule has 106 valence electrons. The summed E-state index contributed by atoms with van der Waals surface area (Å²) in [6.45, 7) is 7.62. The molecule has 1 unspecified atom stereocenters. The highest BCUT2D eigenvalue weighted by molar-refractivity contribution is 5.48. The van der Waals surface area contributed by atoms with Gasteiger partial charge in [0, 0.05) is 32.2 Å². The van der Waals surface area contributed by atoms with Gasteiger partial charge in [0.2, 0.25) is 0 Å². The van der Waals surface area contributed by atoms with Gasteiger partial charge in [-0.05, 0) is 24.6 Å². The number of nitrogens with two attached hydrogens (primary N) is 1. The second-order valence-electron chi connectivity index (χ2n) is 6.30. The van der Waals surface area contributed by atoms with Crippen LogP contribution in [0, 0.1) is 11.2 Å². The molecule has 0 spiro atoms. The van der Waals surface area contributed by atoms with Crippen molar-refractivity contribution in [2.75, 3.05) is 38.1 Å². The largest absolute Gasteiger partial charge is 0.367 e. The number of nitrogens with zero attached hydrogens (tertiary/aromatic N) is 2. The molecule has 0 amide bonds. The monoisotopic (exact) mass is 265 g/mol. The fourth-order valence-electron chi connectivity index (χ4n) is 2.98. The number of benzene rings is 1. The number of likely N-dealkylation sites (N-methyl/N-ethyl adjacent to an activating group) is 1. The molecule has 0 radical (unpaired) electrons. The van der Waals surface area contributed by atoms with Gasteiger partial charge in [-0.15, -0.1) is 0 Å². The van der Waals surface area contributed by atoms with Crippen LogP contribution in [0.2, 0.25) is 0 Å². The molecule has 1 fully saturated rings. The molecule has 0 bridgehead atoms. The Morgan fingerprint density at radius 2 is 2.00 bits per heavy atom. The smallest absolute Gasteiger partial charge is 0.146 e. The highest BCUT2D eigenvalue weighted by atomic mass is 19.1. The van der Waals surface area contributed by atoms with Crippen molar-refractivity contribution in [1.29, 1.82) is 0 Å². The SMILES string of the molecule is CN1CC(C)(C)CN(c2ccccc2F)CC1CN. The molecule has 0 saturated carbocycles. The van der Waals surface area contributed by atoms with Crippen LogP contribution in [0.25, 0.3) is 0 Å². The van der Waals surface area contributed by atoms with Crippen molar-refractivity contribution in [3.8, 4) is 0 Å². The summed E-state index contributed by atoms with van der Waals surface area (Å²) in [6, 6.07) is 7.26. The van der Waals surface area contributed by atoms with E-state index in [1.807, 2.05) is 12.1 Å². The van der Waals surface area contributed by atoms with Crippen LogP contribution >= 0.6 is 0 Å². The predicted molar refractivity (Wildman–Crippen MR) is 77.9 cm³/mol. The minimum Gasteiger partial charge on any atom is -0.367 e. The summed E-state index contributed by atoms with van der Waals surface area (Å²) in [4.78, 5) is 4.43. The lowest BCUT2D eigenvalue weighted by molar-refractivity contribution is 0.197. The van der Waals surface area contributed by atoms with Crippen LogP contribution in [-0.4, -0.2) is 44.2 Å². The molecular weight excluding hydrogens is 241 g/mol. The van der Waals surface area contributed by atoms with Gasteiger partial charge >= 0.3 is 0 Å². The van der Waals surface area contributed by atoms with E-state index in [4.69, 9.17) is 5.73 Å². The Hall–Kier alpha value is -1.13. The van der Waals surface area contributed by atoms with Gasteiger partial charge in [0.1, 0.15) is 5.82 Å². The summed E-state index contributed by atoms with van der Waals surface area (Å²) >= 11 is 0. The summed E-state index contributed by atoms with van der Waals surface area (Å²) in [5.74, 6) is -0.154. The topological polar surface area (TPSA) is 32.5 Å². The quantitative estimate of drug-likeness (QED) is 0.887. The lowest BCUT2D eigenvalue weighted by atomic mass is 9.92. The lowest BCUT2D eigenvalue weighted by Crippen LogP contribution is -2.44. The molecule has 0 aliphatic carbocycles. The van der Waals surface area contributed by atoms with Crippen LogP contribution < -0.4 is 10.6 Å². The maximum atomic E-state index is 14.0. The number of anilines is 1. The van der Waals surface area contributed by atoms with Crippen molar-refractivity contribution < 1.29 is 4.39 Å². The molecule has 1 atom stereocenters. The summed E-state index contributed by atoms with van der Waals surface area (Å²) in [5, 5.41) is 0. The van der Waals surface area contributed by atoms with Crippen molar-refractivity contribution in [2.45, 2.75) is 19.9 Å². The Kier molecular flexibility index (Phi) is 4.11. The molecule has 2 N–H and O–H groups in total. The second-order valence-corrected chi connectivity index (χ2v) is 6.30. The highest BCUT2D eigenvalue weighted by Crippen LogP contribution is 2.28. The van der Waals surface area contributed by atoms with E-state index in [9.17, 15) is 4.39 Å². The van der Waals surface area contributed by atoms with Gasteiger partial charge in [-0.25, -0.2) is 4.39 Å². The number of hydrogen-bond acceptors (Lipinski definition) is 3. The molecule has 1 aromatic rings. The average molecular weight is 265 g/mol. The molecule has 4 heteroatoms. The van der Waals surface area contributed by atoms with E-state index in [2.05, 4.69) is 30.7 Å². The van der Waals surface area contributed by atoms with Gasteiger partial charge in [0.15, 0.2) is 0 Å². The minimum atomic E-state index is -0.154. The summed E-state index contributed by atoms with van der Waals surface area (Å²) in [5.41, 5.74) is 6.66. The molecule has 1 saturated heterocycles. The van der Waals surface area contributed by atoms with Gasteiger partial charge in [-0.3, -0.25) is 4.90 Å². The number of para-hydroxylation sites is 1. The minimum absolute atomic E-state index is 0.112. The Labute approximate surface area is 115 Å². The molecule has 0 aromatic heterocycles. The van der Waals surface area contributed by atoms with Gasteiger partial charge in [-0.2, -0.15) is 0 Å². The Balaban J connectivity index is 2.31. The van der Waals surface area contributed by atoms with Crippen molar-refractivity contribution in [3.63, 3.8) is 0 Å². The van der Waals surface area contributed by atoms with Crippen LogP contribution in [0.15, 0.2) is 24.3 Å². The number of halogens is 1. The lowest BCUT2D eigenvalue weighted by Gasteiger charge is -2.31. The van der Waals surface area contributed by atoms with Crippen molar-refractivity contribution in [2.24, 2.45) is 11.1 Å². The maximum Gasteiger partial charge on any atom is 0.146 e. The fourth-order valence-corrected chi connectivity index (χ4v) is 2.98. The van der Waals surface area contributed by atoms with Crippen LogP contribution in [-0.2, 0) is 0 Å². The Morgan fingerprint density at radius 1 is 1.32 bits per heavy atom. The van der Waals surface area contributed by atoms with E-state index in [0.29, 0.717) is 12.2 Å². The summed E-state index contributed by atoms with van der Waals surface area (Å²) in [7, 11) is 2.10. The van der Waals surface area contributed by atoms with E-state index in [0.717, 1.165) is 19.6 Å². The first kappa shape index (κ1) is 14.3. The molecule has 1 aliphatic rings. The normalized spacial score (nSPS) is 24.3. The Morgan fingerprint density at radius 3 is 2.63 bits per heavy atom. The Bertz CT molecular complexity index is 433. The summed E-state index contributed by atoms with van der Waals surface area (Å²) in [6.07, 6.45) is 0. The third kappa shape index (κ3) is 3.25. The van der Waals surface area contributed by atoms with Gasteiger partial charge in [0.25, 0.3) is 0 Å². The number of rotatable bonds is 2. The van der Waals surface area contributed by atoms with Gasteiger partial charge in [-0.1, -0.05) is 26.0 Å². The molecule has 19 heavy (non-hydrogen) atoms. The van der Waals surface area contributed by atoms with E-state index in [-0.39, 0.29) is 17.3 Å². The van der Waals surface area contributed by atoms with E-state index >= 15 is 0 Å². The first-order valence-electron chi connectivity index (χ1n) is 6.83. The standard InChI is InChI=1S/C15H24FN3/c1-15(2)10-18(3)12(8-17)9-19(11-15)14-7-5-4-6-13(14)16/h4-7,12H,8-11,17H2,1-3H3. The molecule has 1 aromatic carbocycles. The second kappa shape index (κ2) is 5.47. The third-order valence-electron chi connectivity index (χ3n) is 3.82. The van der Waals surface area contributed by atoms with Gasteiger partial charge in [0.05, 0.1) is 5.69 Å². The highest BCUT2D eigenvalue weighted by Gasteiger charge is 2.32. The van der Waals surface area contributed by atoms with Crippen LogP contribution in [0.5, 0.6) is 0 Å². The zero-order valence-corrected chi connectivity index (χ0v) is 12.1.